The van der Waals surface area contributed by atoms with E-state index in [2.05, 4.69) is 15.2 Å². The molecule has 26 heavy (non-hydrogen) atoms. The lowest BCUT2D eigenvalue weighted by atomic mass is 10.1. The van der Waals surface area contributed by atoms with E-state index in [1.807, 2.05) is 12.1 Å². The number of hydrogen-bond acceptors (Lipinski definition) is 3. The van der Waals surface area contributed by atoms with Gasteiger partial charge in [-0.05, 0) is 23.8 Å². The van der Waals surface area contributed by atoms with Gasteiger partial charge in [0, 0.05) is 45.1 Å². The molecule has 0 unspecified atom stereocenters. The van der Waals surface area contributed by atoms with Crippen LogP contribution < -0.4 is 5.32 Å². The molecule has 0 spiro atoms. The molecule has 1 aromatic heterocycles. The van der Waals surface area contributed by atoms with Crippen LogP contribution in [0.25, 0.3) is 0 Å². The van der Waals surface area contributed by atoms with Crippen molar-refractivity contribution in [1.29, 1.82) is 0 Å². The fraction of sp³-hybridized carbons (Fsp3) is 0.333. The Morgan fingerprint density at radius 2 is 1.81 bits per heavy atom. The number of anilines is 1. The first-order valence-corrected chi connectivity index (χ1v) is 8.27. The molecule has 138 valence electrons. The number of aromatic nitrogens is 1. The number of piperazine rings is 1. The second kappa shape index (κ2) is 7.74. The Hall–Kier alpha value is -2.61. The van der Waals surface area contributed by atoms with Crippen LogP contribution in [0.2, 0.25) is 0 Å². The third-order valence-corrected chi connectivity index (χ3v) is 4.26. The first-order valence-electron chi connectivity index (χ1n) is 8.27. The monoisotopic (exact) mass is 364 g/mol. The fourth-order valence-corrected chi connectivity index (χ4v) is 2.89. The lowest BCUT2D eigenvalue weighted by Crippen LogP contribution is -2.49. The molecule has 0 radical (unpaired) electrons. The van der Waals surface area contributed by atoms with Crippen molar-refractivity contribution in [2.24, 2.45) is 0 Å². The number of carbonyl (C=O) groups is 1. The quantitative estimate of drug-likeness (QED) is 0.908. The van der Waals surface area contributed by atoms with Crippen molar-refractivity contribution in [1.82, 2.24) is 14.8 Å². The van der Waals surface area contributed by atoms with Crippen LogP contribution in [-0.2, 0) is 12.7 Å². The summed E-state index contributed by atoms with van der Waals surface area (Å²) in [7, 11) is 0. The van der Waals surface area contributed by atoms with Crippen LogP contribution in [0.15, 0.2) is 48.8 Å². The summed E-state index contributed by atoms with van der Waals surface area (Å²) < 4.78 is 39.1. The number of nitrogens with one attached hydrogen (secondary N) is 1. The number of halogens is 3. The molecule has 5 nitrogen and oxygen atoms in total. The van der Waals surface area contributed by atoms with E-state index in [-0.39, 0.29) is 5.69 Å². The third kappa shape index (κ3) is 4.51. The second-order valence-electron chi connectivity index (χ2n) is 6.10. The average Bonchev–Trinajstić information content (AvgIpc) is 2.63. The van der Waals surface area contributed by atoms with Crippen molar-refractivity contribution in [2.75, 3.05) is 31.5 Å². The highest BCUT2D eigenvalue weighted by Gasteiger charge is 2.34. The van der Waals surface area contributed by atoms with Gasteiger partial charge in [-0.3, -0.25) is 9.88 Å². The van der Waals surface area contributed by atoms with Crippen LogP contribution in [0.1, 0.15) is 11.1 Å². The van der Waals surface area contributed by atoms with Crippen molar-refractivity contribution in [3.8, 4) is 0 Å². The summed E-state index contributed by atoms with van der Waals surface area (Å²) in [6.07, 6.45) is -0.996. The molecule has 0 bridgehead atoms. The van der Waals surface area contributed by atoms with Gasteiger partial charge in [0.25, 0.3) is 0 Å². The predicted octanol–water partition coefficient (Wildman–Crippen LogP) is 3.45. The first kappa shape index (κ1) is 18.2. The number of urea groups is 1. The molecule has 1 saturated heterocycles. The van der Waals surface area contributed by atoms with Gasteiger partial charge in [0.05, 0.1) is 11.3 Å². The molecular formula is C18H19F3N4O. The van der Waals surface area contributed by atoms with Crippen molar-refractivity contribution < 1.29 is 18.0 Å². The van der Waals surface area contributed by atoms with Gasteiger partial charge in [0.15, 0.2) is 0 Å². The van der Waals surface area contributed by atoms with Crippen LogP contribution in [-0.4, -0.2) is 47.0 Å². The van der Waals surface area contributed by atoms with Crippen molar-refractivity contribution in [3.05, 3.63) is 59.9 Å². The van der Waals surface area contributed by atoms with E-state index in [0.29, 0.717) is 26.2 Å². The van der Waals surface area contributed by atoms with Gasteiger partial charge in [-0.2, -0.15) is 13.2 Å². The molecule has 0 atom stereocenters. The molecule has 2 heterocycles. The number of benzene rings is 1. The second-order valence-corrected chi connectivity index (χ2v) is 6.10. The molecule has 0 aliphatic carbocycles. The number of alkyl halides is 3. The minimum absolute atomic E-state index is 0.220. The molecule has 3 rings (SSSR count). The minimum atomic E-state index is -4.51. The van der Waals surface area contributed by atoms with Gasteiger partial charge >= 0.3 is 12.2 Å². The van der Waals surface area contributed by atoms with E-state index >= 15 is 0 Å². The van der Waals surface area contributed by atoms with Gasteiger partial charge in [-0.1, -0.05) is 18.2 Å². The zero-order valence-corrected chi connectivity index (χ0v) is 14.0. The normalized spacial score (nSPS) is 15.7. The Kier molecular flexibility index (Phi) is 5.41. The molecule has 8 heteroatoms. The predicted molar refractivity (Wildman–Crippen MR) is 91.5 cm³/mol. The zero-order valence-electron chi connectivity index (χ0n) is 14.0. The van der Waals surface area contributed by atoms with Crippen molar-refractivity contribution in [3.63, 3.8) is 0 Å². The van der Waals surface area contributed by atoms with Gasteiger partial charge in [-0.25, -0.2) is 4.79 Å². The van der Waals surface area contributed by atoms with Crippen LogP contribution in [0.3, 0.4) is 0 Å². The number of hydrogen-bond donors (Lipinski definition) is 1. The Morgan fingerprint density at radius 1 is 1.08 bits per heavy atom. The number of nitrogens with zero attached hydrogens (tertiary/aromatic N) is 3. The van der Waals surface area contributed by atoms with E-state index in [4.69, 9.17) is 0 Å². The number of carbonyl (C=O) groups excluding carboxylic acids is 1. The topological polar surface area (TPSA) is 48.5 Å². The lowest BCUT2D eigenvalue weighted by molar-refractivity contribution is -0.136. The van der Waals surface area contributed by atoms with Crippen LogP contribution in [0.4, 0.5) is 23.7 Å². The van der Waals surface area contributed by atoms with Gasteiger partial charge in [0.2, 0.25) is 0 Å². The summed E-state index contributed by atoms with van der Waals surface area (Å²) in [6.45, 7) is 2.97. The largest absolute Gasteiger partial charge is 0.418 e. The van der Waals surface area contributed by atoms with E-state index < -0.39 is 17.8 Å². The average molecular weight is 364 g/mol. The number of rotatable bonds is 3. The molecule has 1 N–H and O–H groups in total. The molecule has 2 aromatic rings. The molecule has 0 saturated carbocycles. The van der Waals surface area contributed by atoms with E-state index in [1.54, 1.807) is 12.4 Å². The van der Waals surface area contributed by atoms with Gasteiger partial charge < -0.3 is 10.2 Å². The molecular weight excluding hydrogens is 345 g/mol. The van der Waals surface area contributed by atoms with Crippen LogP contribution >= 0.6 is 0 Å². The summed E-state index contributed by atoms with van der Waals surface area (Å²) in [6, 6.07) is 8.34. The first-order chi connectivity index (χ1) is 12.4. The van der Waals surface area contributed by atoms with Crippen molar-refractivity contribution >= 4 is 11.7 Å². The maximum atomic E-state index is 13.0. The summed E-state index contributed by atoms with van der Waals surface area (Å²) in [5.41, 5.74) is 0.0239. The van der Waals surface area contributed by atoms with Crippen LogP contribution in [0.5, 0.6) is 0 Å². The standard InChI is InChI=1S/C18H19F3N4O/c19-18(20,21)15-5-1-2-6-16(15)23-17(26)25-10-8-24(9-11-25)13-14-4-3-7-22-12-14/h1-7,12H,8-11,13H2,(H,23,26). The lowest BCUT2D eigenvalue weighted by Gasteiger charge is -2.34. The maximum absolute atomic E-state index is 13.0. The molecule has 1 aliphatic rings. The summed E-state index contributed by atoms with van der Waals surface area (Å²) in [5, 5.41) is 2.39. The highest BCUT2D eigenvalue weighted by atomic mass is 19.4. The number of pyridine rings is 1. The van der Waals surface area contributed by atoms with E-state index in [9.17, 15) is 18.0 Å². The molecule has 1 fully saturated rings. The molecule has 1 aliphatic heterocycles. The number of para-hydroxylation sites is 1. The van der Waals surface area contributed by atoms with Gasteiger partial charge in [0.1, 0.15) is 0 Å². The minimum Gasteiger partial charge on any atom is -0.322 e. The van der Waals surface area contributed by atoms with E-state index in [0.717, 1.165) is 18.2 Å². The SMILES string of the molecule is O=C(Nc1ccccc1C(F)(F)F)N1CCN(Cc2cccnc2)CC1. The Balaban J connectivity index is 1.56. The number of amides is 2. The highest BCUT2D eigenvalue weighted by Crippen LogP contribution is 2.34. The molecule has 2 amide bonds. The summed E-state index contributed by atoms with van der Waals surface area (Å²) in [5.74, 6) is 0. The van der Waals surface area contributed by atoms with Crippen LogP contribution in [0, 0.1) is 0 Å². The van der Waals surface area contributed by atoms with Crippen molar-refractivity contribution in [2.45, 2.75) is 12.7 Å². The summed E-state index contributed by atoms with van der Waals surface area (Å²) in [4.78, 5) is 20.1. The summed E-state index contributed by atoms with van der Waals surface area (Å²) >= 11 is 0. The third-order valence-electron chi connectivity index (χ3n) is 4.26. The van der Waals surface area contributed by atoms with E-state index in [1.165, 1.54) is 23.1 Å². The Bertz CT molecular complexity index is 744. The fourth-order valence-electron chi connectivity index (χ4n) is 2.89. The highest BCUT2D eigenvalue weighted by molar-refractivity contribution is 5.90. The van der Waals surface area contributed by atoms with Gasteiger partial charge in [-0.15, -0.1) is 0 Å². The zero-order chi connectivity index (χ0) is 18.6. The molecule has 1 aromatic carbocycles. The Labute approximate surface area is 149 Å². The maximum Gasteiger partial charge on any atom is 0.418 e. The Morgan fingerprint density at radius 3 is 2.46 bits per heavy atom. The smallest absolute Gasteiger partial charge is 0.322 e.